The molecule has 1 saturated heterocycles. The number of aryl methyl sites for hydroxylation is 1. The first-order chi connectivity index (χ1) is 14.4. The van der Waals surface area contributed by atoms with Crippen LogP contribution in [0.3, 0.4) is 0 Å². The van der Waals surface area contributed by atoms with Crippen molar-refractivity contribution in [2.75, 3.05) is 40.5 Å². The molecule has 0 aromatic heterocycles. The Bertz CT molecular complexity index is 1020. The van der Waals surface area contributed by atoms with Crippen LogP contribution in [-0.2, 0) is 21.3 Å². The van der Waals surface area contributed by atoms with Crippen LogP contribution in [0.1, 0.15) is 21.5 Å². The van der Waals surface area contributed by atoms with Crippen LogP contribution in [-0.4, -0.2) is 59.2 Å². The van der Waals surface area contributed by atoms with Crippen LogP contribution >= 0.6 is 0 Å². The fourth-order valence-corrected chi connectivity index (χ4v) is 4.65. The maximum absolute atomic E-state index is 12.9. The Morgan fingerprint density at radius 1 is 1.07 bits per heavy atom. The Morgan fingerprint density at radius 2 is 1.77 bits per heavy atom. The second-order valence-electron chi connectivity index (χ2n) is 6.87. The molecule has 162 valence electrons. The van der Waals surface area contributed by atoms with Gasteiger partial charge in [-0.2, -0.15) is 4.31 Å². The first-order valence-electron chi connectivity index (χ1n) is 9.54. The third-order valence-corrected chi connectivity index (χ3v) is 6.86. The number of amides is 1. The Morgan fingerprint density at radius 3 is 2.43 bits per heavy atom. The lowest BCUT2D eigenvalue weighted by molar-refractivity contribution is 0.0730. The highest BCUT2D eigenvalue weighted by Gasteiger charge is 2.27. The molecule has 0 aliphatic carbocycles. The van der Waals surface area contributed by atoms with E-state index >= 15 is 0 Å². The number of morpholine rings is 1. The molecule has 0 spiro atoms. The smallest absolute Gasteiger partial charge is 0.251 e. The third kappa shape index (κ3) is 4.75. The standard InChI is InChI=1S/C21H26N2O6S/c1-15-4-6-17(30(25,26)23-8-10-29-11-9-23)13-18(15)21(24)22-14-16-5-7-19(27-2)20(12-16)28-3/h4-7,12-13H,8-11,14H2,1-3H3,(H,22,24). The van der Waals surface area contributed by atoms with Gasteiger partial charge in [-0.25, -0.2) is 8.42 Å². The highest BCUT2D eigenvalue weighted by molar-refractivity contribution is 7.89. The largest absolute Gasteiger partial charge is 0.493 e. The van der Waals surface area contributed by atoms with Gasteiger partial charge < -0.3 is 19.5 Å². The van der Waals surface area contributed by atoms with Gasteiger partial charge >= 0.3 is 0 Å². The normalized spacial score (nSPS) is 14.9. The quantitative estimate of drug-likeness (QED) is 0.716. The average Bonchev–Trinajstić information content (AvgIpc) is 2.77. The zero-order valence-electron chi connectivity index (χ0n) is 17.3. The van der Waals surface area contributed by atoms with Gasteiger partial charge in [0, 0.05) is 25.2 Å². The van der Waals surface area contributed by atoms with Gasteiger partial charge in [0.1, 0.15) is 0 Å². The molecule has 1 amide bonds. The predicted molar refractivity (Wildman–Crippen MR) is 111 cm³/mol. The van der Waals surface area contributed by atoms with Crippen LogP contribution in [0.25, 0.3) is 0 Å². The predicted octanol–water partition coefficient (Wildman–Crippen LogP) is 1.96. The molecule has 0 radical (unpaired) electrons. The summed E-state index contributed by atoms with van der Waals surface area (Å²) in [5.41, 5.74) is 1.85. The number of hydrogen-bond donors (Lipinski definition) is 1. The van der Waals surface area contributed by atoms with Gasteiger partial charge in [0.2, 0.25) is 10.0 Å². The molecule has 0 saturated carbocycles. The zero-order valence-corrected chi connectivity index (χ0v) is 18.1. The number of methoxy groups -OCH3 is 2. The summed E-state index contributed by atoms with van der Waals surface area (Å²) in [6.45, 7) is 3.37. The van der Waals surface area contributed by atoms with Gasteiger partial charge in [-0.1, -0.05) is 12.1 Å². The first-order valence-corrected chi connectivity index (χ1v) is 11.0. The summed E-state index contributed by atoms with van der Waals surface area (Å²) in [6, 6.07) is 9.99. The molecule has 3 rings (SSSR count). The molecule has 1 fully saturated rings. The summed E-state index contributed by atoms with van der Waals surface area (Å²) in [5, 5.41) is 2.84. The SMILES string of the molecule is COc1ccc(CNC(=O)c2cc(S(=O)(=O)N3CCOCC3)ccc2C)cc1OC. The molecular formula is C21H26N2O6S. The van der Waals surface area contributed by atoms with Crippen molar-refractivity contribution in [1.29, 1.82) is 0 Å². The lowest BCUT2D eigenvalue weighted by Crippen LogP contribution is -2.40. The summed E-state index contributed by atoms with van der Waals surface area (Å²) in [7, 11) is -0.575. The van der Waals surface area contributed by atoms with Gasteiger partial charge in [-0.3, -0.25) is 4.79 Å². The number of benzene rings is 2. The van der Waals surface area contributed by atoms with Crippen molar-refractivity contribution in [2.24, 2.45) is 0 Å². The van der Waals surface area contributed by atoms with Gasteiger partial charge in [-0.05, 0) is 42.3 Å². The zero-order chi connectivity index (χ0) is 21.7. The number of sulfonamides is 1. The van der Waals surface area contributed by atoms with E-state index < -0.39 is 10.0 Å². The van der Waals surface area contributed by atoms with Crippen molar-refractivity contribution < 1.29 is 27.4 Å². The number of carbonyl (C=O) groups excluding carboxylic acids is 1. The second kappa shape index (κ2) is 9.46. The number of hydrogen-bond acceptors (Lipinski definition) is 6. The Kier molecular flexibility index (Phi) is 6.96. The number of nitrogens with one attached hydrogen (secondary N) is 1. The number of nitrogens with zero attached hydrogens (tertiary/aromatic N) is 1. The fraction of sp³-hybridized carbons (Fsp3) is 0.381. The van der Waals surface area contributed by atoms with Gasteiger partial charge in [0.05, 0.1) is 32.3 Å². The van der Waals surface area contributed by atoms with Crippen LogP contribution in [0.2, 0.25) is 0 Å². The van der Waals surface area contributed by atoms with Gasteiger partial charge in [0.25, 0.3) is 5.91 Å². The van der Waals surface area contributed by atoms with E-state index in [0.717, 1.165) is 5.56 Å². The van der Waals surface area contributed by atoms with Crippen molar-refractivity contribution in [3.05, 3.63) is 53.1 Å². The average molecular weight is 435 g/mol. The molecule has 1 aliphatic rings. The Labute approximate surface area is 176 Å². The van der Waals surface area contributed by atoms with Crippen molar-refractivity contribution >= 4 is 15.9 Å². The van der Waals surface area contributed by atoms with Crippen LogP contribution < -0.4 is 14.8 Å². The summed E-state index contributed by atoms with van der Waals surface area (Å²) in [6.07, 6.45) is 0. The van der Waals surface area contributed by atoms with E-state index in [0.29, 0.717) is 48.9 Å². The molecule has 0 atom stereocenters. The Hall–Kier alpha value is -2.62. The van der Waals surface area contributed by atoms with E-state index in [-0.39, 0.29) is 17.3 Å². The molecule has 9 heteroatoms. The fourth-order valence-electron chi connectivity index (χ4n) is 3.21. The molecule has 1 aliphatic heterocycles. The molecule has 1 N–H and O–H groups in total. The number of rotatable bonds is 7. The molecule has 2 aromatic carbocycles. The molecule has 0 bridgehead atoms. The topological polar surface area (TPSA) is 94.2 Å². The Balaban J connectivity index is 1.77. The van der Waals surface area contributed by atoms with E-state index in [1.165, 1.54) is 16.4 Å². The molecule has 8 nitrogen and oxygen atoms in total. The lowest BCUT2D eigenvalue weighted by Gasteiger charge is -2.26. The minimum Gasteiger partial charge on any atom is -0.493 e. The molecular weight excluding hydrogens is 408 g/mol. The van der Waals surface area contributed by atoms with Crippen molar-refractivity contribution in [3.8, 4) is 11.5 Å². The van der Waals surface area contributed by atoms with Gasteiger partial charge in [0.15, 0.2) is 11.5 Å². The van der Waals surface area contributed by atoms with Crippen molar-refractivity contribution in [2.45, 2.75) is 18.4 Å². The second-order valence-corrected chi connectivity index (χ2v) is 8.80. The number of carbonyl (C=O) groups is 1. The van der Waals surface area contributed by atoms with Crippen LogP contribution in [0.15, 0.2) is 41.3 Å². The van der Waals surface area contributed by atoms with Crippen LogP contribution in [0.5, 0.6) is 11.5 Å². The minimum absolute atomic E-state index is 0.103. The van der Waals surface area contributed by atoms with E-state index in [1.807, 2.05) is 6.07 Å². The summed E-state index contributed by atoms with van der Waals surface area (Å²) in [4.78, 5) is 12.9. The third-order valence-electron chi connectivity index (χ3n) is 4.96. The monoisotopic (exact) mass is 434 g/mol. The van der Waals surface area contributed by atoms with E-state index in [9.17, 15) is 13.2 Å². The summed E-state index contributed by atoms with van der Waals surface area (Å²) in [5.74, 6) is 0.824. The highest BCUT2D eigenvalue weighted by atomic mass is 32.2. The van der Waals surface area contributed by atoms with E-state index in [4.69, 9.17) is 14.2 Å². The number of ether oxygens (including phenoxy) is 3. The summed E-state index contributed by atoms with van der Waals surface area (Å²) >= 11 is 0. The van der Waals surface area contributed by atoms with E-state index in [1.54, 1.807) is 39.3 Å². The first kappa shape index (κ1) is 22.1. The lowest BCUT2D eigenvalue weighted by atomic mass is 10.1. The van der Waals surface area contributed by atoms with E-state index in [2.05, 4.69) is 5.32 Å². The maximum atomic E-state index is 12.9. The summed E-state index contributed by atoms with van der Waals surface area (Å²) < 4.78 is 42.9. The van der Waals surface area contributed by atoms with Crippen molar-refractivity contribution in [3.63, 3.8) is 0 Å². The van der Waals surface area contributed by atoms with Gasteiger partial charge in [-0.15, -0.1) is 0 Å². The van der Waals surface area contributed by atoms with Crippen LogP contribution in [0.4, 0.5) is 0 Å². The molecule has 1 heterocycles. The molecule has 0 unspecified atom stereocenters. The van der Waals surface area contributed by atoms with Crippen LogP contribution in [0, 0.1) is 6.92 Å². The maximum Gasteiger partial charge on any atom is 0.251 e. The highest BCUT2D eigenvalue weighted by Crippen LogP contribution is 2.27. The van der Waals surface area contributed by atoms with Crippen molar-refractivity contribution in [1.82, 2.24) is 9.62 Å². The minimum atomic E-state index is -3.68. The molecule has 2 aromatic rings. The molecule has 30 heavy (non-hydrogen) atoms.